The molecule has 0 N–H and O–H groups in total. The van der Waals surface area contributed by atoms with Crippen LogP contribution in [0.2, 0.25) is 0 Å². The highest BCUT2D eigenvalue weighted by molar-refractivity contribution is 5.89. The van der Waals surface area contributed by atoms with E-state index in [2.05, 4.69) is 18.8 Å². The van der Waals surface area contributed by atoms with Crippen LogP contribution in [0.25, 0.3) is 0 Å². The summed E-state index contributed by atoms with van der Waals surface area (Å²) in [6, 6.07) is 12.9. The average molecular weight is 299 g/mol. The number of carbonyl (C=O) groups excluding carboxylic acids is 1. The summed E-state index contributed by atoms with van der Waals surface area (Å²) in [5, 5.41) is 0. The molecule has 1 heterocycles. The predicted molar refractivity (Wildman–Crippen MR) is 84.7 cm³/mol. The second-order valence-corrected chi connectivity index (χ2v) is 5.48. The number of aromatic nitrogens is 1. The zero-order valence-electron chi connectivity index (χ0n) is 13.0. The Morgan fingerprint density at radius 1 is 1.14 bits per heavy atom. The van der Waals surface area contributed by atoms with Crippen LogP contribution in [0.15, 0.2) is 48.7 Å². The molecule has 0 aliphatic rings. The molecule has 0 bridgehead atoms. The normalized spacial score (nSPS) is 10.5. The van der Waals surface area contributed by atoms with E-state index in [4.69, 9.17) is 9.47 Å². The van der Waals surface area contributed by atoms with E-state index in [1.54, 1.807) is 12.1 Å². The lowest BCUT2D eigenvalue weighted by Gasteiger charge is -2.08. The van der Waals surface area contributed by atoms with Gasteiger partial charge in [0.2, 0.25) is 5.88 Å². The van der Waals surface area contributed by atoms with Gasteiger partial charge in [-0.25, -0.2) is 9.78 Å². The van der Waals surface area contributed by atoms with Crippen molar-refractivity contribution in [1.29, 1.82) is 0 Å². The Morgan fingerprint density at radius 2 is 1.91 bits per heavy atom. The van der Waals surface area contributed by atoms with Crippen molar-refractivity contribution >= 4 is 5.97 Å². The van der Waals surface area contributed by atoms with Crippen LogP contribution in [-0.4, -0.2) is 17.6 Å². The summed E-state index contributed by atoms with van der Waals surface area (Å²) in [6.45, 7) is 5.17. The fourth-order valence-electron chi connectivity index (χ4n) is 1.79. The van der Waals surface area contributed by atoms with Crippen LogP contribution in [-0.2, 0) is 11.3 Å². The molecule has 4 nitrogen and oxygen atoms in total. The lowest BCUT2D eigenvalue weighted by atomic mass is 10.1. The minimum atomic E-state index is -0.384. The topological polar surface area (TPSA) is 48.4 Å². The summed E-state index contributed by atoms with van der Waals surface area (Å²) in [5.74, 6) is 0.734. The quantitative estimate of drug-likeness (QED) is 0.728. The number of esters is 1. The van der Waals surface area contributed by atoms with E-state index in [0.717, 1.165) is 12.0 Å². The van der Waals surface area contributed by atoms with E-state index in [0.29, 0.717) is 24.0 Å². The van der Waals surface area contributed by atoms with Crippen LogP contribution in [0.4, 0.5) is 0 Å². The molecule has 0 radical (unpaired) electrons. The van der Waals surface area contributed by atoms with Crippen molar-refractivity contribution in [2.24, 2.45) is 5.92 Å². The maximum Gasteiger partial charge on any atom is 0.340 e. The van der Waals surface area contributed by atoms with Gasteiger partial charge < -0.3 is 9.47 Å². The minimum absolute atomic E-state index is 0.256. The lowest BCUT2D eigenvalue weighted by Crippen LogP contribution is -2.07. The van der Waals surface area contributed by atoms with Crippen molar-refractivity contribution in [1.82, 2.24) is 4.98 Å². The van der Waals surface area contributed by atoms with Gasteiger partial charge in [0.05, 0.1) is 12.2 Å². The molecule has 0 aliphatic carbocycles. The molecule has 0 aliphatic heterocycles. The molecule has 2 rings (SSSR count). The molecule has 0 saturated heterocycles. The Labute approximate surface area is 131 Å². The SMILES string of the molecule is CC(C)CCOc1ccc(C(=O)OCc2ccccc2)cn1. The fraction of sp³-hybridized carbons (Fsp3) is 0.333. The van der Waals surface area contributed by atoms with Crippen molar-refractivity contribution in [2.75, 3.05) is 6.61 Å². The summed E-state index contributed by atoms with van der Waals surface area (Å²) in [7, 11) is 0. The average Bonchev–Trinajstić information content (AvgIpc) is 2.54. The zero-order chi connectivity index (χ0) is 15.8. The molecule has 0 amide bonds. The molecule has 0 fully saturated rings. The minimum Gasteiger partial charge on any atom is -0.478 e. The second-order valence-electron chi connectivity index (χ2n) is 5.48. The smallest absolute Gasteiger partial charge is 0.340 e. The summed E-state index contributed by atoms with van der Waals surface area (Å²) in [6.07, 6.45) is 2.46. The molecular formula is C18H21NO3. The van der Waals surface area contributed by atoms with Crippen molar-refractivity contribution in [2.45, 2.75) is 26.9 Å². The fourth-order valence-corrected chi connectivity index (χ4v) is 1.79. The van der Waals surface area contributed by atoms with Crippen LogP contribution in [0.3, 0.4) is 0 Å². The van der Waals surface area contributed by atoms with E-state index in [-0.39, 0.29) is 12.6 Å². The highest BCUT2D eigenvalue weighted by Gasteiger charge is 2.08. The molecule has 22 heavy (non-hydrogen) atoms. The van der Waals surface area contributed by atoms with Gasteiger partial charge in [-0.15, -0.1) is 0 Å². The number of ether oxygens (including phenoxy) is 2. The summed E-state index contributed by atoms with van der Waals surface area (Å²) in [4.78, 5) is 16.1. The van der Waals surface area contributed by atoms with Crippen molar-refractivity contribution < 1.29 is 14.3 Å². The highest BCUT2D eigenvalue weighted by atomic mass is 16.5. The highest BCUT2D eigenvalue weighted by Crippen LogP contribution is 2.11. The van der Waals surface area contributed by atoms with E-state index < -0.39 is 0 Å². The first-order valence-electron chi connectivity index (χ1n) is 7.45. The van der Waals surface area contributed by atoms with Gasteiger partial charge in [-0.3, -0.25) is 0 Å². The molecule has 0 unspecified atom stereocenters. The number of nitrogens with zero attached hydrogens (tertiary/aromatic N) is 1. The molecule has 0 saturated carbocycles. The van der Waals surface area contributed by atoms with Crippen LogP contribution >= 0.6 is 0 Å². The Kier molecular flexibility index (Phi) is 5.95. The van der Waals surface area contributed by atoms with Crippen LogP contribution in [0, 0.1) is 5.92 Å². The third kappa shape index (κ3) is 5.20. The van der Waals surface area contributed by atoms with Gasteiger partial charge in [0.15, 0.2) is 0 Å². The number of hydrogen-bond acceptors (Lipinski definition) is 4. The van der Waals surface area contributed by atoms with Gasteiger partial charge in [0.1, 0.15) is 6.61 Å². The number of hydrogen-bond donors (Lipinski definition) is 0. The molecular weight excluding hydrogens is 278 g/mol. The van der Waals surface area contributed by atoms with Gasteiger partial charge in [-0.2, -0.15) is 0 Å². The Morgan fingerprint density at radius 3 is 2.55 bits per heavy atom. The molecule has 0 atom stereocenters. The molecule has 1 aromatic carbocycles. The Bertz CT molecular complexity index is 579. The third-order valence-electron chi connectivity index (χ3n) is 3.13. The molecule has 116 valence electrons. The zero-order valence-corrected chi connectivity index (χ0v) is 13.0. The van der Waals surface area contributed by atoms with E-state index in [9.17, 15) is 4.79 Å². The van der Waals surface area contributed by atoms with Gasteiger partial charge in [0.25, 0.3) is 0 Å². The number of pyridine rings is 1. The van der Waals surface area contributed by atoms with Gasteiger partial charge >= 0.3 is 5.97 Å². The second kappa shape index (κ2) is 8.17. The molecule has 4 heteroatoms. The standard InChI is InChI=1S/C18H21NO3/c1-14(2)10-11-21-17-9-8-16(12-19-17)18(20)22-13-15-6-4-3-5-7-15/h3-9,12,14H,10-11,13H2,1-2H3. The number of benzene rings is 1. The summed E-state index contributed by atoms with van der Waals surface area (Å²) < 4.78 is 10.8. The number of rotatable bonds is 7. The maximum absolute atomic E-state index is 11.9. The monoisotopic (exact) mass is 299 g/mol. The first-order chi connectivity index (χ1) is 10.6. The molecule has 0 spiro atoms. The third-order valence-corrected chi connectivity index (χ3v) is 3.13. The van der Waals surface area contributed by atoms with E-state index in [1.165, 1.54) is 6.20 Å². The Balaban J connectivity index is 1.83. The molecule has 2 aromatic rings. The van der Waals surface area contributed by atoms with Gasteiger partial charge in [-0.1, -0.05) is 44.2 Å². The largest absolute Gasteiger partial charge is 0.478 e. The first kappa shape index (κ1) is 16.0. The van der Waals surface area contributed by atoms with Crippen LogP contribution < -0.4 is 4.74 Å². The van der Waals surface area contributed by atoms with E-state index >= 15 is 0 Å². The predicted octanol–water partition coefficient (Wildman–Crippen LogP) is 3.86. The van der Waals surface area contributed by atoms with Crippen molar-refractivity contribution in [3.05, 3.63) is 59.8 Å². The van der Waals surface area contributed by atoms with Crippen molar-refractivity contribution in [3.8, 4) is 5.88 Å². The van der Waals surface area contributed by atoms with Crippen LogP contribution in [0.5, 0.6) is 5.88 Å². The molecule has 1 aromatic heterocycles. The first-order valence-corrected chi connectivity index (χ1v) is 7.45. The van der Waals surface area contributed by atoms with Gasteiger partial charge in [-0.05, 0) is 24.0 Å². The van der Waals surface area contributed by atoms with Crippen molar-refractivity contribution in [3.63, 3.8) is 0 Å². The number of carbonyl (C=O) groups is 1. The van der Waals surface area contributed by atoms with Crippen LogP contribution in [0.1, 0.15) is 36.2 Å². The van der Waals surface area contributed by atoms with E-state index in [1.807, 2.05) is 30.3 Å². The summed E-state index contributed by atoms with van der Waals surface area (Å²) in [5.41, 5.74) is 1.38. The summed E-state index contributed by atoms with van der Waals surface area (Å²) >= 11 is 0. The van der Waals surface area contributed by atoms with Gasteiger partial charge in [0, 0.05) is 12.3 Å². The lowest BCUT2D eigenvalue weighted by molar-refractivity contribution is 0.0472. The Hall–Kier alpha value is -2.36. The maximum atomic E-state index is 11.9.